The van der Waals surface area contributed by atoms with Crippen LogP contribution in [0.2, 0.25) is 0 Å². The summed E-state index contributed by atoms with van der Waals surface area (Å²) in [7, 11) is -1.88. The van der Waals surface area contributed by atoms with Crippen LogP contribution in [0.4, 0.5) is 5.13 Å². The minimum absolute atomic E-state index is 0.0340. The van der Waals surface area contributed by atoms with Crippen LogP contribution in [-0.4, -0.2) is 38.1 Å². The third-order valence-corrected chi connectivity index (χ3v) is 5.24. The molecule has 2 rings (SSSR count). The average molecular weight is 341 g/mol. The molecular weight excluding hydrogens is 326 g/mol. The van der Waals surface area contributed by atoms with E-state index in [0.717, 1.165) is 10.8 Å². The molecule has 0 aliphatic heterocycles. The first kappa shape index (κ1) is 16.4. The Kier molecular flexibility index (Phi) is 5.11. The fourth-order valence-electron chi connectivity index (χ4n) is 1.71. The monoisotopic (exact) mass is 341 g/mol. The van der Waals surface area contributed by atoms with E-state index in [1.165, 1.54) is 35.6 Å². The highest BCUT2D eigenvalue weighted by atomic mass is 32.2. The third-order valence-electron chi connectivity index (χ3n) is 2.85. The van der Waals surface area contributed by atoms with Gasteiger partial charge in [-0.1, -0.05) is 0 Å². The lowest BCUT2D eigenvalue weighted by atomic mass is 10.2. The first-order valence-corrected chi connectivity index (χ1v) is 8.74. The van der Waals surface area contributed by atoms with Gasteiger partial charge in [0.2, 0.25) is 10.0 Å². The molecular formula is C13H15N3O4S2. The Bertz CT molecular complexity index is 754. The first-order chi connectivity index (χ1) is 10.4. The van der Waals surface area contributed by atoms with Crippen molar-refractivity contribution in [3.63, 3.8) is 0 Å². The van der Waals surface area contributed by atoms with Crippen molar-refractivity contribution >= 4 is 32.5 Å². The van der Waals surface area contributed by atoms with E-state index < -0.39 is 16.0 Å². The Balaban J connectivity index is 1.97. The number of aromatic nitrogens is 1. The largest absolute Gasteiger partial charge is 0.478 e. The van der Waals surface area contributed by atoms with E-state index in [9.17, 15) is 13.2 Å². The van der Waals surface area contributed by atoms with Gasteiger partial charge < -0.3 is 10.4 Å². The van der Waals surface area contributed by atoms with Crippen LogP contribution in [0.25, 0.3) is 0 Å². The second kappa shape index (κ2) is 6.86. The molecule has 0 unspecified atom stereocenters. The number of carboxylic acids is 1. The van der Waals surface area contributed by atoms with Crippen molar-refractivity contribution in [1.82, 2.24) is 9.71 Å². The predicted octanol–water partition coefficient (Wildman–Crippen LogP) is 1.40. The number of sulfonamides is 1. The van der Waals surface area contributed by atoms with E-state index in [4.69, 9.17) is 5.11 Å². The van der Waals surface area contributed by atoms with E-state index in [0.29, 0.717) is 6.42 Å². The van der Waals surface area contributed by atoms with Crippen molar-refractivity contribution in [1.29, 1.82) is 0 Å². The highest BCUT2D eigenvalue weighted by molar-refractivity contribution is 7.89. The maximum absolute atomic E-state index is 12.1. The van der Waals surface area contributed by atoms with Crippen LogP contribution in [0, 0.1) is 0 Å². The van der Waals surface area contributed by atoms with Crippen LogP contribution in [0.3, 0.4) is 0 Å². The zero-order valence-corrected chi connectivity index (χ0v) is 13.4. The summed E-state index contributed by atoms with van der Waals surface area (Å²) < 4.78 is 26.6. The minimum Gasteiger partial charge on any atom is -0.478 e. The van der Waals surface area contributed by atoms with Crippen molar-refractivity contribution in [2.24, 2.45) is 0 Å². The summed E-state index contributed by atoms with van der Waals surface area (Å²) in [6.07, 6.45) is 0.477. The number of carboxylic acid groups (broad SMARTS) is 1. The maximum atomic E-state index is 12.1. The van der Waals surface area contributed by atoms with Crippen LogP contribution in [0.5, 0.6) is 0 Å². The van der Waals surface area contributed by atoms with Crippen molar-refractivity contribution < 1.29 is 18.3 Å². The second-order valence-electron chi connectivity index (χ2n) is 4.37. The Morgan fingerprint density at radius 3 is 2.55 bits per heavy atom. The standard InChI is InChI=1S/C13H15N3O4S2/c1-14-13-16-10(8-21-13)6-7-15-22(19,20)11-4-2-9(3-5-11)12(17)18/h2-5,8,15H,6-7H2,1H3,(H,14,16)(H,17,18). The number of hydrogen-bond acceptors (Lipinski definition) is 6. The number of aromatic carboxylic acids is 1. The lowest BCUT2D eigenvalue weighted by Gasteiger charge is -2.06. The summed E-state index contributed by atoms with van der Waals surface area (Å²) in [6, 6.07) is 5.06. The summed E-state index contributed by atoms with van der Waals surface area (Å²) in [5.74, 6) is -1.10. The summed E-state index contributed by atoms with van der Waals surface area (Å²) in [4.78, 5) is 15.0. The number of benzene rings is 1. The molecule has 0 bridgehead atoms. The zero-order chi connectivity index (χ0) is 16.2. The number of anilines is 1. The molecule has 7 nitrogen and oxygen atoms in total. The van der Waals surface area contributed by atoms with Crippen LogP contribution in [0.15, 0.2) is 34.5 Å². The van der Waals surface area contributed by atoms with Crippen LogP contribution >= 0.6 is 11.3 Å². The third kappa shape index (κ3) is 4.03. The van der Waals surface area contributed by atoms with Gasteiger partial charge in [0.05, 0.1) is 16.2 Å². The summed E-state index contributed by atoms with van der Waals surface area (Å²) in [5.41, 5.74) is 0.847. The lowest BCUT2D eigenvalue weighted by Crippen LogP contribution is -2.26. The van der Waals surface area contributed by atoms with Gasteiger partial charge in [0.15, 0.2) is 5.13 Å². The van der Waals surface area contributed by atoms with Crippen LogP contribution in [0.1, 0.15) is 16.1 Å². The fraction of sp³-hybridized carbons (Fsp3) is 0.231. The van der Waals surface area contributed by atoms with E-state index >= 15 is 0 Å². The molecule has 22 heavy (non-hydrogen) atoms. The number of hydrogen-bond donors (Lipinski definition) is 3. The molecule has 1 heterocycles. The Labute approximate surface area is 132 Å². The van der Waals surface area contributed by atoms with Crippen molar-refractivity contribution in [2.75, 3.05) is 18.9 Å². The minimum atomic E-state index is -3.65. The van der Waals surface area contributed by atoms with Gasteiger partial charge in [-0.3, -0.25) is 0 Å². The highest BCUT2D eigenvalue weighted by Crippen LogP contribution is 2.15. The smallest absolute Gasteiger partial charge is 0.335 e. The number of nitrogens with zero attached hydrogens (tertiary/aromatic N) is 1. The molecule has 0 spiro atoms. The summed E-state index contributed by atoms with van der Waals surface area (Å²) >= 11 is 1.45. The topological polar surface area (TPSA) is 108 Å². The quantitative estimate of drug-likeness (QED) is 0.702. The summed E-state index contributed by atoms with van der Waals surface area (Å²) in [6.45, 7) is 0.218. The second-order valence-corrected chi connectivity index (χ2v) is 7.00. The molecule has 0 fully saturated rings. The molecule has 0 amide bonds. The van der Waals surface area contributed by atoms with Gasteiger partial charge in [-0.2, -0.15) is 0 Å². The van der Waals surface area contributed by atoms with E-state index in [-0.39, 0.29) is 17.0 Å². The molecule has 0 aliphatic rings. The van der Waals surface area contributed by atoms with Gasteiger partial charge in [0.1, 0.15) is 0 Å². The van der Waals surface area contributed by atoms with Gasteiger partial charge in [0.25, 0.3) is 0 Å². The molecule has 118 valence electrons. The van der Waals surface area contributed by atoms with Crippen LogP contribution in [-0.2, 0) is 16.4 Å². The predicted molar refractivity (Wildman–Crippen MR) is 84.0 cm³/mol. The van der Waals surface area contributed by atoms with Crippen molar-refractivity contribution in [2.45, 2.75) is 11.3 Å². The number of thiazole rings is 1. The normalized spacial score (nSPS) is 11.3. The lowest BCUT2D eigenvalue weighted by molar-refractivity contribution is 0.0696. The molecule has 0 atom stereocenters. The molecule has 0 saturated heterocycles. The van der Waals surface area contributed by atoms with E-state index in [1.807, 2.05) is 5.38 Å². The first-order valence-electron chi connectivity index (χ1n) is 6.37. The van der Waals surface area contributed by atoms with Gasteiger partial charge in [-0.25, -0.2) is 22.9 Å². The van der Waals surface area contributed by atoms with E-state index in [2.05, 4.69) is 15.0 Å². The Morgan fingerprint density at radius 2 is 2.00 bits per heavy atom. The molecule has 9 heteroatoms. The SMILES string of the molecule is CNc1nc(CCNS(=O)(=O)c2ccc(C(=O)O)cc2)cs1. The highest BCUT2D eigenvalue weighted by Gasteiger charge is 2.14. The summed E-state index contributed by atoms with van der Waals surface area (Å²) in [5, 5.41) is 14.3. The Morgan fingerprint density at radius 1 is 1.32 bits per heavy atom. The molecule has 1 aromatic carbocycles. The van der Waals surface area contributed by atoms with Gasteiger partial charge >= 0.3 is 5.97 Å². The van der Waals surface area contributed by atoms with Crippen LogP contribution < -0.4 is 10.0 Å². The zero-order valence-electron chi connectivity index (χ0n) is 11.7. The molecule has 0 radical (unpaired) electrons. The van der Waals surface area contributed by atoms with Crippen molar-refractivity contribution in [3.8, 4) is 0 Å². The van der Waals surface area contributed by atoms with E-state index in [1.54, 1.807) is 7.05 Å². The van der Waals surface area contributed by atoms with Gasteiger partial charge in [-0.05, 0) is 24.3 Å². The number of nitrogens with one attached hydrogen (secondary N) is 2. The number of rotatable bonds is 7. The molecule has 3 N–H and O–H groups in total. The Hall–Kier alpha value is -1.97. The molecule has 2 aromatic rings. The molecule has 0 saturated carbocycles. The van der Waals surface area contributed by atoms with Gasteiger partial charge in [-0.15, -0.1) is 11.3 Å². The maximum Gasteiger partial charge on any atom is 0.335 e. The average Bonchev–Trinajstić information content (AvgIpc) is 2.95. The molecule has 1 aromatic heterocycles. The fourth-order valence-corrected chi connectivity index (χ4v) is 3.45. The van der Waals surface area contributed by atoms with Gasteiger partial charge in [0, 0.05) is 25.4 Å². The molecule has 0 aliphatic carbocycles. The van der Waals surface area contributed by atoms with Crippen molar-refractivity contribution in [3.05, 3.63) is 40.9 Å². The number of carbonyl (C=O) groups is 1.